The first-order valence-corrected chi connectivity index (χ1v) is 7.36. The second kappa shape index (κ2) is 8.03. The normalized spacial score (nSPS) is 11.5. The number of amides is 1. The van der Waals surface area contributed by atoms with Crippen molar-refractivity contribution in [2.24, 2.45) is 0 Å². The summed E-state index contributed by atoms with van der Waals surface area (Å²) in [6, 6.07) is 18.1. The molecule has 0 fully saturated rings. The minimum Gasteiger partial charge on any atom is -0.489 e. The lowest BCUT2D eigenvalue weighted by atomic mass is 10.1. The van der Waals surface area contributed by atoms with Gasteiger partial charge in [-0.05, 0) is 42.7 Å². The van der Waals surface area contributed by atoms with E-state index in [4.69, 9.17) is 4.74 Å². The second-order valence-corrected chi connectivity index (χ2v) is 5.24. The fraction of sp³-hybridized carbons (Fsp3) is 0.211. The van der Waals surface area contributed by atoms with Crippen LogP contribution in [0.5, 0.6) is 5.75 Å². The van der Waals surface area contributed by atoms with Gasteiger partial charge in [0.1, 0.15) is 12.4 Å². The van der Waals surface area contributed by atoms with Crippen LogP contribution in [0.4, 0.5) is 0 Å². The Hall–Kier alpha value is -2.55. The Balaban J connectivity index is 1.85. The molecule has 1 unspecified atom stereocenters. The van der Waals surface area contributed by atoms with Crippen molar-refractivity contribution in [3.8, 4) is 5.75 Å². The lowest BCUT2D eigenvalue weighted by Crippen LogP contribution is -2.32. The molecule has 2 aromatic rings. The van der Waals surface area contributed by atoms with E-state index in [1.165, 1.54) is 6.08 Å². The number of ether oxygens (including phenoxy) is 1. The predicted octanol–water partition coefficient (Wildman–Crippen LogP) is 3.50. The Morgan fingerprint density at radius 1 is 1.14 bits per heavy atom. The largest absolute Gasteiger partial charge is 0.489 e. The number of carbonyl (C=O) groups excluding carboxylic acids is 1. The Kier molecular flexibility index (Phi) is 5.78. The van der Waals surface area contributed by atoms with Gasteiger partial charge in [-0.25, -0.2) is 0 Å². The van der Waals surface area contributed by atoms with Gasteiger partial charge in [0.25, 0.3) is 0 Å². The van der Waals surface area contributed by atoms with Crippen LogP contribution >= 0.6 is 0 Å². The lowest BCUT2D eigenvalue weighted by Gasteiger charge is -2.13. The van der Waals surface area contributed by atoms with Crippen molar-refractivity contribution in [1.29, 1.82) is 0 Å². The van der Waals surface area contributed by atoms with Gasteiger partial charge in [0, 0.05) is 6.04 Å². The highest BCUT2D eigenvalue weighted by Gasteiger charge is 2.05. The monoisotopic (exact) mass is 295 g/mol. The van der Waals surface area contributed by atoms with Crippen molar-refractivity contribution >= 4 is 5.91 Å². The van der Waals surface area contributed by atoms with E-state index in [1.54, 1.807) is 0 Å². The van der Waals surface area contributed by atoms with Gasteiger partial charge < -0.3 is 10.1 Å². The van der Waals surface area contributed by atoms with Crippen molar-refractivity contribution < 1.29 is 9.53 Å². The summed E-state index contributed by atoms with van der Waals surface area (Å²) >= 11 is 0. The van der Waals surface area contributed by atoms with Crippen molar-refractivity contribution in [2.75, 3.05) is 0 Å². The van der Waals surface area contributed by atoms with E-state index in [2.05, 4.69) is 11.9 Å². The van der Waals surface area contributed by atoms with E-state index in [1.807, 2.05) is 61.5 Å². The summed E-state index contributed by atoms with van der Waals surface area (Å²) in [4.78, 5) is 11.2. The summed E-state index contributed by atoms with van der Waals surface area (Å²) in [6.45, 7) is 5.98. The quantitative estimate of drug-likeness (QED) is 0.794. The van der Waals surface area contributed by atoms with Crippen LogP contribution in [0.2, 0.25) is 0 Å². The van der Waals surface area contributed by atoms with E-state index in [0.717, 1.165) is 23.3 Å². The lowest BCUT2D eigenvalue weighted by molar-refractivity contribution is -0.117. The first-order chi connectivity index (χ1) is 10.7. The van der Waals surface area contributed by atoms with Crippen LogP contribution in [-0.4, -0.2) is 11.9 Å². The summed E-state index contributed by atoms with van der Waals surface area (Å²) in [7, 11) is 0. The Morgan fingerprint density at radius 2 is 1.82 bits per heavy atom. The van der Waals surface area contributed by atoms with Crippen LogP contribution in [-0.2, 0) is 17.8 Å². The zero-order valence-corrected chi connectivity index (χ0v) is 12.8. The summed E-state index contributed by atoms with van der Waals surface area (Å²) in [6.07, 6.45) is 2.07. The van der Waals surface area contributed by atoms with Gasteiger partial charge in [0.05, 0.1) is 0 Å². The zero-order valence-electron chi connectivity index (χ0n) is 12.8. The van der Waals surface area contributed by atoms with Crippen LogP contribution in [0.3, 0.4) is 0 Å². The highest BCUT2D eigenvalue weighted by atomic mass is 16.5. The van der Waals surface area contributed by atoms with Crippen LogP contribution in [0.1, 0.15) is 18.1 Å². The maximum atomic E-state index is 11.2. The summed E-state index contributed by atoms with van der Waals surface area (Å²) in [5.74, 6) is 0.700. The number of hydrogen-bond donors (Lipinski definition) is 1. The standard InChI is InChI=1S/C19H21NO2/c1-3-19(21)20-15(2)13-16-9-11-18(12-10-16)22-14-17-7-5-4-6-8-17/h3-12,15H,1,13-14H2,2H3,(H,20,21). The fourth-order valence-electron chi connectivity index (χ4n) is 2.17. The minimum absolute atomic E-state index is 0.0709. The van der Waals surface area contributed by atoms with Crippen LogP contribution < -0.4 is 10.1 Å². The minimum atomic E-state index is -0.143. The number of rotatable bonds is 7. The maximum Gasteiger partial charge on any atom is 0.243 e. The molecule has 1 amide bonds. The summed E-state index contributed by atoms with van der Waals surface area (Å²) < 4.78 is 5.75. The molecule has 0 spiro atoms. The SMILES string of the molecule is C=CC(=O)NC(C)Cc1ccc(OCc2ccccc2)cc1. The van der Waals surface area contributed by atoms with Crippen LogP contribution in [0.25, 0.3) is 0 Å². The number of benzene rings is 2. The molecule has 2 rings (SSSR count). The molecule has 3 heteroatoms. The first kappa shape index (κ1) is 15.8. The second-order valence-electron chi connectivity index (χ2n) is 5.24. The van der Waals surface area contributed by atoms with Gasteiger partial charge in [-0.3, -0.25) is 4.79 Å². The number of hydrogen-bond acceptors (Lipinski definition) is 2. The van der Waals surface area contributed by atoms with Crippen molar-refractivity contribution in [3.05, 3.63) is 78.4 Å². The van der Waals surface area contributed by atoms with E-state index in [9.17, 15) is 4.79 Å². The topological polar surface area (TPSA) is 38.3 Å². The van der Waals surface area contributed by atoms with E-state index >= 15 is 0 Å². The molecule has 0 aliphatic heterocycles. The average Bonchev–Trinajstić information content (AvgIpc) is 2.55. The third-order valence-corrected chi connectivity index (χ3v) is 3.29. The first-order valence-electron chi connectivity index (χ1n) is 7.36. The molecule has 0 radical (unpaired) electrons. The van der Waals surface area contributed by atoms with Gasteiger partial charge in [-0.2, -0.15) is 0 Å². The van der Waals surface area contributed by atoms with E-state index in [-0.39, 0.29) is 11.9 Å². The third kappa shape index (κ3) is 5.09. The fourth-order valence-corrected chi connectivity index (χ4v) is 2.17. The molecule has 3 nitrogen and oxygen atoms in total. The van der Waals surface area contributed by atoms with Gasteiger partial charge in [0.15, 0.2) is 0 Å². The van der Waals surface area contributed by atoms with E-state index < -0.39 is 0 Å². The van der Waals surface area contributed by atoms with Gasteiger partial charge in [-0.1, -0.05) is 49.0 Å². The Labute approximate surface area is 131 Å². The molecule has 1 atom stereocenters. The zero-order chi connectivity index (χ0) is 15.8. The molecule has 22 heavy (non-hydrogen) atoms. The molecule has 1 N–H and O–H groups in total. The van der Waals surface area contributed by atoms with E-state index in [0.29, 0.717) is 6.61 Å². The molecule has 0 heterocycles. The molecule has 0 aliphatic carbocycles. The molecule has 0 saturated heterocycles. The molecule has 2 aromatic carbocycles. The molecule has 114 valence electrons. The average molecular weight is 295 g/mol. The van der Waals surface area contributed by atoms with Crippen molar-refractivity contribution in [3.63, 3.8) is 0 Å². The van der Waals surface area contributed by atoms with Gasteiger partial charge in [-0.15, -0.1) is 0 Å². The van der Waals surface area contributed by atoms with Crippen molar-refractivity contribution in [1.82, 2.24) is 5.32 Å². The van der Waals surface area contributed by atoms with Crippen LogP contribution in [0, 0.1) is 0 Å². The van der Waals surface area contributed by atoms with Gasteiger partial charge >= 0.3 is 0 Å². The summed E-state index contributed by atoms with van der Waals surface area (Å²) in [5, 5.41) is 2.85. The van der Waals surface area contributed by atoms with Gasteiger partial charge in [0.2, 0.25) is 5.91 Å². The van der Waals surface area contributed by atoms with Crippen LogP contribution in [0.15, 0.2) is 67.3 Å². The molecular weight excluding hydrogens is 274 g/mol. The summed E-state index contributed by atoms with van der Waals surface area (Å²) in [5.41, 5.74) is 2.30. The number of nitrogens with one attached hydrogen (secondary N) is 1. The third-order valence-electron chi connectivity index (χ3n) is 3.29. The molecular formula is C19H21NO2. The molecule has 0 aliphatic rings. The highest BCUT2D eigenvalue weighted by molar-refractivity contribution is 5.87. The number of carbonyl (C=O) groups is 1. The smallest absolute Gasteiger partial charge is 0.243 e. The Bertz CT molecular complexity index is 605. The predicted molar refractivity (Wildman–Crippen MR) is 88.7 cm³/mol. The Morgan fingerprint density at radius 3 is 2.45 bits per heavy atom. The molecule has 0 bridgehead atoms. The van der Waals surface area contributed by atoms with Crippen molar-refractivity contribution in [2.45, 2.75) is 26.0 Å². The molecule has 0 saturated carbocycles. The maximum absolute atomic E-state index is 11.2. The molecule has 0 aromatic heterocycles. The highest BCUT2D eigenvalue weighted by Crippen LogP contribution is 2.15.